The maximum Gasteiger partial charge on any atom is 0.119 e. The first-order chi connectivity index (χ1) is 14.7. The van der Waals surface area contributed by atoms with E-state index in [1.807, 2.05) is 36.4 Å². The summed E-state index contributed by atoms with van der Waals surface area (Å²) in [5, 5.41) is 20.7. The Morgan fingerprint density at radius 3 is 1.30 bits per heavy atom. The molecule has 0 amide bonds. The Morgan fingerprint density at radius 2 is 0.900 bits per heavy atom. The molecule has 0 saturated heterocycles. The van der Waals surface area contributed by atoms with Crippen LogP contribution < -0.4 is 0 Å². The monoisotopic (exact) mass is 410 g/mol. The van der Waals surface area contributed by atoms with E-state index in [0.717, 1.165) is 24.0 Å². The number of hydrogen-bond acceptors (Lipinski definition) is 2. The lowest BCUT2D eigenvalue weighted by molar-refractivity contribution is 0.447. The second-order valence-corrected chi connectivity index (χ2v) is 8.70. The van der Waals surface area contributed by atoms with Gasteiger partial charge in [-0.05, 0) is 18.6 Å². The lowest BCUT2D eigenvalue weighted by Gasteiger charge is -2.20. The van der Waals surface area contributed by atoms with E-state index in [4.69, 9.17) is 0 Å². The molecule has 0 aliphatic carbocycles. The highest BCUT2D eigenvalue weighted by molar-refractivity contribution is 5.45. The van der Waals surface area contributed by atoms with Gasteiger partial charge in [0.15, 0.2) is 0 Å². The van der Waals surface area contributed by atoms with Gasteiger partial charge in [-0.1, -0.05) is 127 Å². The summed E-state index contributed by atoms with van der Waals surface area (Å²) in [5.74, 6) is 0.681. The van der Waals surface area contributed by atoms with Crippen molar-refractivity contribution in [1.82, 2.24) is 0 Å². The van der Waals surface area contributed by atoms with Gasteiger partial charge < -0.3 is 10.2 Å². The third-order valence-corrected chi connectivity index (χ3v) is 6.22. The first-order valence-corrected chi connectivity index (χ1v) is 12.3. The fraction of sp³-hybridized carbons (Fsp3) is 0.571. The van der Waals surface area contributed by atoms with Crippen molar-refractivity contribution < 1.29 is 10.2 Å². The Bertz CT molecular complexity index is 649. The lowest BCUT2D eigenvalue weighted by atomic mass is 9.85. The molecule has 0 aliphatic heterocycles. The first-order valence-electron chi connectivity index (χ1n) is 12.3. The molecule has 0 radical (unpaired) electrons. The molecule has 166 valence electrons. The normalized spacial score (nSPS) is 11.3. The minimum Gasteiger partial charge on any atom is -0.508 e. The first kappa shape index (κ1) is 24.3. The lowest BCUT2D eigenvalue weighted by Crippen LogP contribution is -2.02. The largest absolute Gasteiger partial charge is 0.508 e. The summed E-state index contributed by atoms with van der Waals surface area (Å²) < 4.78 is 0. The molecular weight excluding hydrogens is 368 g/mol. The van der Waals surface area contributed by atoms with Gasteiger partial charge in [0.1, 0.15) is 11.5 Å². The van der Waals surface area contributed by atoms with Crippen molar-refractivity contribution in [3.8, 4) is 11.5 Å². The van der Waals surface area contributed by atoms with Gasteiger partial charge >= 0.3 is 0 Å². The summed E-state index contributed by atoms with van der Waals surface area (Å²) in [6.07, 6.45) is 18.4. The highest BCUT2D eigenvalue weighted by Gasteiger charge is 2.19. The summed E-state index contributed by atoms with van der Waals surface area (Å²) in [5.41, 5.74) is 1.83. The van der Waals surface area contributed by atoms with Crippen LogP contribution in [0, 0.1) is 0 Å². The summed E-state index contributed by atoms with van der Waals surface area (Å²) in [7, 11) is 0. The number of unbranched alkanes of at least 4 members (excludes halogenated alkanes) is 12. The van der Waals surface area contributed by atoms with E-state index in [1.165, 1.54) is 77.0 Å². The van der Waals surface area contributed by atoms with Crippen LogP contribution in [0.2, 0.25) is 0 Å². The maximum atomic E-state index is 10.4. The van der Waals surface area contributed by atoms with Gasteiger partial charge in [-0.25, -0.2) is 0 Å². The summed E-state index contributed by atoms with van der Waals surface area (Å²) in [4.78, 5) is 0. The van der Waals surface area contributed by atoms with E-state index in [9.17, 15) is 10.2 Å². The SMILES string of the molecule is CCCCCCCCCCCCCCCC(c1ccccc1O)c1ccccc1O. The molecule has 0 heterocycles. The van der Waals surface area contributed by atoms with Crippen molar-refractivity contribution in [3.05, 3.63) is 59.7 Å². The summed E-state index contributed by atoms with van der Waals surface area (Å²) in [6.45, 7) is 2.28. The zero-order chi connectivity index (χ0) is 21.4. The predicted molar refractivity (Wildman–Crippen MR) is 128 cm³/mol. The second kappa shape index (κ2) is 14.9. The van der Waals surface area contributed by atoms with Gasteiger partial charge in [0.2, 0.25) is 0 Å². The number of benzene rings is 2. The van der Waals surface area contributed by atoms with Gasteiger partial charge in [0.05, 0.1) is 0 Å². The Balaban J connectivity index is 1.67. The Hall–Kier alpha value is -1.96. The van der Waals surface area contributed by atoms with Gasteiger partial charge in [0, 0.05) is 17.0 Å². The number of aromatic hydroxyl groups is 2. The van der Waals surface area contributed by atoms with E-state index >= 15 is 0 Å². The molecule has 2 nitrogen and oxygen atoms in total. The van der Waals surface area contributed by atoms with Gasteiger partial charge in [-0.3, -0.25) is 0 Å². The molecule has 0 unspecified atom stereocenters. The number of hydrogen-bond donors (Lipinski definition) is 2. The van der Waals surface area contributed by atoms with Crippen molar-refractivity contribution in [2.45, 2.75) is 103 Å². The zero-order valence-electron chi connectivity index (χ0n) is 19.0. The second-order valence-electron chi connectivity index (χ2n) is 8.70. The van der Waals surface area contributed by atoms with Gasteiger partial charge in [-0.15, -0.1) is 0 Å². The van der Waals surface area contributed by atoms with E-state index in [2.05, 4.69) is 6.92 Å². The smallest absolute Gasteiger partial charge is 0.119 e. The molecule has 2 aromatic rings. The molecule has 2 heteroatoms. The van der Waals surface area contributed by atoms with Crippen LogP contribution in [-0.4, -0.2) is 10.2 Å². The van der Waals surface area contributed by atoms with Crippen LogP contribution in [0.5, 0.6) is 11.5 Å². The van der Waals surface area contributed by atoms with Crippen LogP contribution in [0.15, 0.2) is 48.5 Å². The van der Waals surface area contributed by atoms with E-state index in [1.54, 1.807) is 12.1 Å². The molecule has 0 fully saturated rings. The van der Waals surface area contributed by atoms with Crippen molar-refractivity contribution in [3.63, 3.8) is 0 Å². The molecule has 2 N–H and O–H groups in total. The van der Waals surface area contributed by atoms with Crippen LogP contribution in [0.3, 0.4) is 0 Å². The average Bonchev–Trinajstić information content (AvgIpc) is 2.76. The van der Waals surface area contributed by atoms with E-state index in [0.29, 0.717) is 11.5 Å². The molecule has 2 aromatic carbocycles. The fourth-order valence-corrected chi connectivity index (χ4v) is 4.41. The molecule has 0 spiro atoms. The molecule has 0 aliphatic rings. The Labute approximate surface area is 184 Å². The van der Waals surface area contributed by atoms with Gasteiger partial charge in [0.25, 0.3) is 0 Å². The number of phenolic OH excluding ortho intramolecular Hbond substituents is 2. The maximum absolute atomic E-state index is 10.4. The quantitative estimate of drug-likeness (QED) is 0.272. The van der Waals surface area contributed by atoms with Crippen molar-refractivity contribution in [2.75, 3.05) is 0 Å². The van der Waals surface area contributed by atoms with Crippen molar-refractivity contribution in [1.29, 1.82) is 0 Å². The third kappa shape index (κ3) is 8.81. The third-order valence-electron chi connectivity index (χ3n) is 6.22. The Kier molecular flexibility index (Phi) is 12.1. The molecule has 0 atom stereocenters. The number of rotatable bonds is 16. The highest BCUT2D eigenvalue weighted by Crippen LogP contribution is 2.38. The van der Waals surface area contributed by atoms with E-state index < -0.39 is 0 Å². The number of para-hydroxylation sites is 2. The van der Waals surface area contributed by atoms with Crippen LogP contribution in [0.4, 0.5) is 0 Å². The zero-order valence-corrected chi connectivity index (χ0v) is 19.0. The highest BCUT2D eigenvalue weighted by atomic mass is 16.3. The van der Waals surface area contributed by atoms with Gasteiger partial charge in [-0.2, -0.15) is 0 Å². The standard InChI is InChI=1S/C28H42O2/c1-2-3-4-5-6-7-8-9-10-11-12-13-14-19-24(25-20-15-17-22-27(25)29)26-21-16-18-23-28(26)30/h15-18,20-24,29-30H,2-14,19H2,1H3. The molecule has 0 aromatic heterocycles. The summed E-state index contributed by atoms with van der Waals surface area (Å²) >= 11 is 0. The van der Waals surface area contributed by atoms with Crippen LogP contribution in [0.25, 0.3) is 0 Å². The molecule has 30 heavy (non-hydrogen) atoms. The number of phenols is 2. The minimum atomic E-state index is 0.0418. The molecule has 0 saturated carbocycles. The molecule has 0 bridgehead atoms. The van der Waals surface area contributed by atoms with E-state index in [-0.39, 0.29) is 5.92 Å². The predicted octanol–water partition coefficient (Wildman–Crippen LogP) is 8.71. The minimum absolute atomic E-state index is 0.0418. The molecular formula is C28H42O2. The Morgan fingerprint density at radius 1 is 0.533 bits per heavy atom. The van der Waals surface area contributed by atoms with Crippen molar-refractivity contribution in [2.24, 2.45) is 0 Å². The van der Waals surface area contributed by atoms with Crippen LogP contribution >= 0.6 is 0 Å². The topological polar surface area (TPSA) is 40.5 Å². The fourth-order valence-electron chi connectivity index (χ4n) is 4.41. The van der Waals surface area contributed by atoms with Crippen molar-refractivity contribution >= 4 is 0 Å². The summed E-state index contributed by atoms with van der Waals surface area (Å²) in [6, 6.07) is 15.1. The van der Waals surface area contributed by atoms with Crippen LogP contribution in [-0.2, 0) is 0 Å². The van der Waals surface area contributed by atoms with Crippen LogP contribution in [0.1, 0.15) is 114 Å². The molecule has 2 rings (SSSR count). The average molecular weight is 411 g/mol.